The molecule has 0 aliphatic heterocycles. The lowest BCUT2D eigenvalue weighted by atomic mass is 10.3. The quantitative estimate of drug-likeness (QED) is 0.611. The third kappa shape index (κ3) is 5.16. The van der Waals surface area contributed by atoms with Crippen LogP contribution in [0, 0.1) is 0 Å². The van der Waals surface area contributed by atoms with Crippen molar-refractivity contribution in [2.75, 3.05) is 26.4 Å². The van der Waals surface area contributed by atoms with Gasteiger partial charge in [0.2, 0.25) is 0 Å². The number of ether oxygens (including phenoxy) is 1. The van der Waals surface area contributed by atoms with Crippen LogP contribution in [0.25, 0.3) is 0 Å². The van der Waals surface area contributed by atoms with E-state index in [-0.39, 0.29) is 6.61 Å². The molecule has 0 unspecified atom stereocenters. The van der Waals surface area contributed by atoms with Crippen molar-refractivity contribution >= 4 is 0 Å². The van der Waals surface area contributed by atoms with Crippen molar-refractivity contribution in [3.05, 3.63) is 17.5 Å². The molecule has 0 atom stereocenters. The average Bonchev–Trinajstić information content (AvgIpc) is 2.80. The zero-order valence-corrected chi connectivity index (χ0v) is 11.5. The van der Waals surface area contributed by atoms with E-state index in [9.17, 15) is 0 Å². The van der Waals surface area contributed by atoms with E-state index in [2.05, 4.69) is 30.3 Å². The predicted molar refractivity (Wildman–Crippen MR) is 71.5 cm³/mol. The van der Waals surface area contributed by atoms with Crippen LogP contribution in [0.1, 0.15) is 31.7 Å². The Hall–Kier alpha value is -0.910. The van der Waals surface area contributed by atoms with Crippen molar-refractivity contribution in [1.29, 1.82) is 0 Å². The molecule has 0 saturated carbocycles. The highest BCUT2D eigenvalue weighted by molar-refractivity contribution is 5.10. The second kappa shape index (κ2) is 9.08. The number of rotatable bonds is 10. The van der Waals surface area contributed by atoms with Crippen molar-refractivity contribution in [2.45, 2.75) is 39.8 Å². The maximum atomic E-state index is 8.55. The summed E-state index contributed by atoms with van der Waals surface area (Å²) in [5, 5.41) is 16.4. The van der Waals surface area contributed by atoms with Crippen LogP contribution >= 0.6 is 0 Å². The van der Waals surface area contributed by atoms with Gasteiger partial charge in [-0.2, -0.15) is 5.10 Å². The molecule has 0 aromatic carbocycles. The first-order chi connectivity index (χ1) is 8.81. The summed E-state index contributed by atoms with van der Waals surface area (Å²) in [6.45, 7) is 8.14. The summed E-state index contributed by atoms with van der Waals surface area (Å²) in [5.74, 6) is 0. The molecule has 18 heavy (non-hydrogen) atoms. The van der Waals surface area contributed by atoms with Gasteiger partial charge in [-0.1, -0.05) is 6.92 Å². The topological polar surface area (TPSA) is 59.3 Å². The smallest absolute Gasteiger partial charge is 0.0697 e. The molecule has 104 valence electrons. The molecule has 2 N–H and O–H groups in total. The van der Waals surface area contributed by atoms with Gasteiger partial charge in [-0.05, 0) is 32.4 Å². The summed E-state index contributed by atoms with van der Waals surface area (Å²) >= 11 is 0. The van der Waals surface area contributed by atoms with E-state index in [1.54, 1.807) is 0 Å². The Morgan fingerprint density at radius 1 is 1.39 bits per heavy atom. The molecular formula is C13H25N3O2. The Kier molecular flexibility index (Phi) is 7.64. The zero-order valence-electron chi connectivity index (χ0n) is 11.5. The van der Waals surface area contributed by atoms with E-state index >= 15 is 0 Å². The molecule has 0 aliphatic rings. The average molecular weight is 255 g/mol. The third-order valence-electron chi connectivity index (χ3n) is 2.76. The summed E-state index contributed by atoms with van der Waals surface area (Å²) in [4.78, 5) is 0. The van der Waals surface area contributed by atoms with Gasteiger partial charge in [0.15, 0.2) is 0 Å². The number of aliphatic hydroxyl groups is 1. The molecule has 0 amide bonds. The van der Waals surface area contributed by atoms with Gasteiger partial charge in [0.1, 0.15) is 0 Å². The molecule has 1 aromatic rings. The fraction of sp³-hybridized carbons (Fsp3) is 0.769. The van der Waals surface area contributed by atoms with Crippen LogP contribution in [0.2, 0.25) is 0 Å². The largest absolute Gasteiger partial charge is 0.394 e. The molecule has 0 saturated heterocycles. The van der Waals surface area contributed by atoms with Crippen LogP contribution in [0.5, 0.6) is 0 Å². The molecule has 5 nitrogen and oxygen atoms in total. The van der Waals surface area contributed by atoms with Gasteiger partial charge in [0.25, 0.3) is 0 Å². The number of aryl methyl sites for hydroxylation is 2. The summed E-state index contributed by atoms with van der Waals surface area (Å²) < 4.78 is 7.24. The van der Waals surface area contributed by atoms with E-state index in [0.29, 0.717) is 13.2 Å². The number of hydrogen-bond acceptors (Lipinski definition) is 4. The normalized spacial score (nSPS) is 11.1. The van der Waals surface area contributed by atoms with E-state index in [1.807, 2.05) is 4.68 Å². The molecule has 0 fully saturated rings. The number of nitrogens with zero attached hydrogens (tertiary/aromatic N) is 2. The van der Waals surface area contributed by atoms with E-state index in [4.69, 9.17) is 9.84 Å². The number of aliphatic hydroxyl groups excluding tert-OH is 1. The van der Waals surface area contributed by atoms with E-state index in [0.717, 1.165) is 38.2 Å². The molecule has 0 radical (unpaired) electrons. The van der Waals surface area contributed by atoms with Crippen LogP contribution in [0.3, 0.4) is 0 Å². The molecule has 0 aliphatic carbocycles. The summed E-state index contributed by atoms with van der Waals surface area (Å²) in [5.41, 5.74) is 2.39. The standard InChI is InChI=1S/C13H25N3O2/c1-3-12-10-13(16(4-2)15-12)11-14-6-5-8-18-9-7-17/h10,14,17H,3-9,11H2,1-2H3. The van der Waals surface area contributed by atoms with Crippen LogP contribution in [0.15, 0.2) is 6.07 Å². The maximum Gasteiger partial charge on any atom is 0.0697 e. The number of aromatic nitrogens is 2. The summed E-state index contributed by atoms with van der Waals surface area (Å²) in [7, 11) is 0. The van der Waals surface area contributed by atoms with Crippen LogP contribution in [0.4, 0.5) is 0 Å². The van der Waals surface area contributed by atoms with Crippen LogP contribution < -0.4 is 5.32 Å². The van der Waals surface area contributed by atoms with E-state index in [1.165, 1.54) is 5.69 Å². The lowest BCUT2D eigenvalue weighted by Gasteiger charge is -2.06. The van der Waals surface area contributed by atoms with Crippen molar-refractivity contribution in [3.8, 4) is 0 Å². The first-order valence-corrected chi connectivity index (χ1v) is 6.76. The molecule has 1 rings (SSSR count). The van der Waals surface area contributed by atoms with Gasteiger partial charge in [0, 0.05) is 19.7 Å². The monoisotopic (exact) mass is 255 g/mol. The van der Waals surface area contributed by atoms with Crippen molar-refractivity contribution in [2.24, 2.45) is 0 Å². The zero-order chi connectivity index (χ0) is 13.2. The Labute approximate surface area is 109 Å². The third-order valence-corrected chi connectivity index (χ3v) is 2.76. The lowest BCUT2D eigenvalue weighted by molar-refractivity contribution is 0.0907. The molecular weight excluding hydrogens is 230 g/mol. The molecule has 1 heterocycles. The second-order valence-electron chi connectivity index (χ2n) is 4.16. The van der Waals surface area contributed by atoms with Crippen molar-refractivity contribution in [1.82, 2.24) is 15.1 Å². The molecule has 5 heteroatoms. The second-order valence-corrected chi connectivity index (χ2v) is 4.16. The van der Waals surface area contributed by atoms with Gasteiger partial charge >= 0.3 is 0 Å². The van der Waals surface area contributed by atoms with Crippen LogP contribution in [-0.2, 0) is 24.2 Å². The SMILES string of the molecule is CCc1cc(CNCCCOCCO)n(CC)n1. The molecule has 0 spiro atoms. The molecule has 1 aromatic heterocycles. The molecule has 0 bridgehead atoms. The van der Waals surface area contributed by atoms with Crippen LogP contribution in [-0.4, -0.2) is 41.3 Å². The van der Waals surface area contributed by atoms with Gasteiger partial charge in [-0.25, -0.2) is 0 Å². The Balaban J connectivity index is 2.20. The highest BCUT2D eigenvalue weighted by atomic mass is 16.5. The lowest BCUT2D eigenvalue weighted by Crippen LogP contribution is -2.19. The van der Waals surface area contributed by atoms with Gasteiger partial charge in [-0.15, -0.1) is 0 Å². The van der Waals surface area contributed by atoms with Gasteiger partial charge in [-0.3, -0.25) is 4.68 Å². The van der Waals surface area contributed by atoms with Gasteiger partial charge < -0.3 is 15.2 Å². The first-order valence-electron chi connectivity index (χ1n) is 6.76. The van der Waals surface area contributed by atoms with Crippen molar-refractivity contribution in [3.63, 3.8) is 0 Å². The maximum absolute atomic E-state index is 8.55. The van der Waals surface area contributed by atoms with Gasteiger partial charge in [0.05, 0.1) is 24.6 Å². The Morgan fingerprint density at radius 3 is 2.89 bits per heavy atom. The number of hydrogen-bond donors (Lipinski definition) is 2. The minimum atomic E-state index is 0.100. The van der Waals surface area contributed by atoms with E-state index < -0.39 is 0 Å². The Bertz CT molecular complexity index is 326. The minimum Gasteiger partial charge on any atom is -0.394 e. The minimum absolute atomic E-state index is 0.100. The fourth-order valence-corrected chi connectivity index (χ4v) is 1.79. The summed E-state index contributed by atoms with van der Waals surface area (Å²) in [6.07, 6.45) is 1.94. The highest BCUT2D eigenvalue weighted by Crippen LogP contribution is 2.05. The van der Waals surface area contributed by atoms with Crippen molar-refractivity contribution < 1.29 is 9.84 Å². The summed E-state index contributed by atoms with van der Waals surface area (Å²) in [6, 6.07) is 2.17. The predicted octanol–water partition coefficient (Wildman–Crippen LogP) is 0.954. The Morgan fingerprint density at radius 2 is 2.22 bits per heavy atom. The highest BCUT2D eigenvalue weighted by Gasteiger charge is 2.04. The fourth-order valence-electron chi connectivity index (χ4n) is 1.79. The first kappa shape index (κ1) is 15.1. The number of nitrogens with one attached hydrogen (secondary N) is 1.